The lowest BCUT2D eigenvalue weighted by molar-refractivity contribution is -0.149. The topological polar surface area (TPSA) is 80.0 Å². The Labute approximate surface area is 145 Å². The molecule has 1 amide bonds. The molecule has 0 aliphatic carbocycles. The van der Waals surface area contributed by atoms with Gasteiger partial charge in [0.1, 0.15) is 11.0 Å². The number of benzene rings is 1. The van der Waals surface area contributed by atoms with Crippen molar-refractivity contribution < 1.29 is 23.8 Å². The number of aliphatic carboxylic acids is 1. The van der Waals surface area contributed by atoms with Gasteiger partial charge in [0.25, 0.3) is 5.91 Å². The molecule has 1 aromatic heterocycles. The van der Waals surface area contributed by atoms with Crippen molar-refractivity contribution >= 4 is 22.8 Å². The van der Waals surface area contributed by atoms with Crippen molar-refractivity contribution in [2.45, 2.75) is 20.8 Å². The fourth-order valence-corrected chi connectivity index (χ4v) is 4.22. The molecule has 1 N–H and O–H groups in total. The SMILES string of the molecule is Cc1ccc(C)c2c(C)c(C(=O)N3C[C@@H]4COC[C@]4(C(=O)O)C3)oc12. The van der Waals surface area contributed by atoms with E-state index < -0.39 is 11.4 Å². The zero-order chi connectivity index (χ0) is 17.9. The van der Waals surface area contributed by atoms with E-state index in [-0.39, 0.29) is 25.0 Å². The average molecular weight is 343 g/mol. The fraction of sp³-hybridized carbons (Fsp3) is 0.474. The maximum Gasteiger partial charge on any atom is 0.314 e. The van der Waals surface area contributed by atoms with Crippen LogP contribution in [0.2, 0.25) is 0 Å². The molecule has 2 saturated heterocycles. The molecule has 1 aromatic carbocycles. The van der Waals surface area contributed by atoms with Crippen molar-refractivity contribution in [3.8, 4) is 0 Å². The maximum absolute atomic E-state index is 13.1. The van der Waals surface area contributed by atoms with Crippen molar-refractivity contribution in [2.75, 3.05) is 26.3 Å². The molecule has 3 heterocycles. The summed E-state index contributed by atoms with van der Waals surface area (Å²) in [6.45, 7) is 6.94. The Bertz CT molecular complexity index is 899. The number of nitrogens with zero attached hydrogens (tertiary/aromatic N) is 1. The summed E-state index contributed by atoms with van der Waals surface area (Å²) in [6, 6.07) is 4.00. The van der Waals surface area contributed by atoms with Crippen molar-refractivity contribution in [3.05, 3.63) is 34.6 Å². The normalized spacial score (nSPS) is 25.6. The van der Waals surface area contributed by atoms with Gasteiger partial charge in [-0.1, -0.05) is 12.1 Å². The van der Waals surface area contributed by atoms with Crippen molar-refractivity contribution in [3.63, 3.8) is 0 Å². The number of amides is 1. The number of likely N-dealkylation sites (tertiary alicyclic amines) is 1. The predicted octanol–water partition coefficient (Wildman–Crippen LogP) is 2.53. The number of aryl methyl sites for hydroxylation is 3. The highest BCUT2D eigenvalue weighted by molar-refractivity contribution is 6.01. The Morgan fingerprint density at radius 1 is 1.24 bits per heavy atom. The first-order chi connectivity index (χ1) is 11.8. The van der Waals surface area contributed by atoms with Crippen LogP contribution in [0.25, 0.3) is 11.0 Å². The fourth-order valence-electron chi connectivity index (χ4n) is 4.22. The Hall–Kier alpha value is -2.34. The number of furan rings is 1. The summed E-state index contributed by atoms with van der Waals surface area (Å²) in [7, 11) is 0. The van der Waals surface area contributed by atoms with Gasteiger partial charge < -0.3 is 19.2 Å². The van der Waals surface area contributed by atoms with E-state index in [1.54, 1.807) is 4.90 Å². The van der Waals surface area contributed by atoms with Gasteiger partial charge in [-0.3, -0.25) is 9.59 Å². The molecular weight excluding hydrogens is 322 g/mol. The van der Waals surface area contributed by atoms with Crippen LogP contribution >= 0.6 is 0 Å². The third kappa shape index (κ3) is 2.13. The molecule has 2 aromatic rings. The molecule has 4 rings (SSSR count). The number of fused-ring (bicyclic) bond motifs is 2. The van der Waals surface area contributed by atoms with E-state index in [1.807, 2.05) is 32.9 Å². The molecule has 0 unspecified atom stereocenters. The summed E-state index contributed by atoms with van der Waals surface area (Å²) in [6.07, 6.45) is 0. The molecule has 25 heavy (non-hydrogen) atoms. The molecule has 132 valence electrons. The van der Waals surface area contributed by atoms with E-state index >= 15 is 0 Å². The van der Waals surface area contributed by atoms with Gasteiger partial charge in [-0.05, 0) is 31.9 Å². The van der Waals surface area contributed by atoms with Crippen LogP contribution in [0.1, 0.15) is 27.2 Å². The Morgan fingerprint density at radius 2 is 1.96 bits per heavy atom. The Balaban J connectivity index is 1.72. The predicted molar refractivity (Wildman–Crippen MR) is 90.7 cm³/mol. The smallest absolute Gasteiger partial charge is 0.314 e. The summed E-state index contributed by atoms with van der Waals surface area (Å²) in [5, 5.41) is 10.6. The van der Waals surface area contributed by atoms with Gasteiger partial charge in [0.15, 0.2) is 5.76 Å². The monoisotopic (exact) mass is 343 g/mol. The standard InChI is InChI=1S/C19H21NO5/c1-10-4-5-11(2)15-14(10)12(3)16(25-15)17(21)20-6-13-7-24-9-19(13,8-20)18(22)23/h4-5,13H,6-9H2,1-3H3,(H,22,23)/t13-,19-/m1/s1. The van der Waals surface area contributed by atoms with E-state index in [2.05, 4.69) is 0 Å². The zero-order valence-electron chi connectivity index (χ0n) is 14.6. The van der Waals surface area contributed by atoms with Crippen LogP contribution in [0.4, 0.5) is 0 Å². The Kier molecular flexibility index (Phi) is 3.44. The minimum absolute atomic E-state index is 0.161. The van der Waals surface area contributed by atoms with Gasteiger partial charge in [-0.25, -0.2) is 0 Å². The van der Waals surface area contributed by atoms with Gasteiger partial charge in [0.2, 0.25) is 0 Å². The van der Waals surface area contributed by atoms with Crippen molar-refractivity contribution in [1.29, 1.82) is 0 Å². The third-order valence-electron chi connectivity index (χ3n) is 5.76. The molecular formula is C19H21NO5. The average Bonchev–Trinajstić information content (AvgIpc) is 3.21. The van der Waals surface area contributed by atoms with Crippen LogP contribution < -0.4 is 0 Å². The third-order valence-corrected chi connectivity index (χ3v) is 5.76. The number of hydrogen-bond donors (Lipinski definition) is 1. The summed E-state index contributed by atoms with van der Waals surface area (Å²) < 4.78 is 11.3. The number of ether oxygens (including phenoxy) is 1. The first-order valence-corrected chi connectivity index (χ1v) is 8.45. The molecule has 2 aliphatic rings. The van der Waals surface area contributed by atoms with E-state index in [0.29, 0.717) is 18.9 Å². The minimum Gasteiger partial charge on any atom is -0.481 e. The largest absolute Gasteiger partial charge is 0.481 e. The highest BCUT2D eigenvalue weighted by Crippen LogP contribution is 2.42. The molecule has 0 bridgehead atoms. The lowest BCUT2D eigenvalue weighted by atomic mass is 9.81. The second-order valence-electron chi connectivity index (χ2n) is 7.32. The number of rotatable bonds is 2. The van der Waals surface area contributed by atoms with Crippen molar-refractivity contribution in [1.82, 2.24) is 4.90 Å². The molecule has 2 atom stereocenters. The van der Waals surface area contributed by atoms with Crippen LogP contribution in [-0.2, 0) is 9.53 Å². The quantitative estimate of drug-likeness (QED) is 0.906. The van der Waals surface area contributed by atoms with E-state index in [9.17, 15) is 14.7 Å². The number of hydrogen-bond acceptors (Lipinski definition) is 4. The number of carbonyl (C=O) groups is 2. The molecule has 0 radical (unpaired) electrons. The van der Waals surface area contributed by atoms with Crippen LogP contribution in [-0.4, -0.2) is 48.2 Å². The highest BCUT2D eigenvalue weighted by atomic mass is 16.5. The summed E-state index contributed by atoms with van der Waals surface area (Å²) in [4.78, 5) is 26.4. The first-order valence-electron chi connectivity index (χ1n) is 8.45. The number of carbonyl (C=O) groups excluding carboxylic acids is 1. The number of carboxylic acids is 1. The van der Waals surface area contributed by atoms with Gasteiger partial charge in [0, 0.05) is 30.0 Å². The highest BCUT2D eigenvalue weighted by Gasteiger charge is 2.57. The summed E-state index contributed by atoms with van der Waals surface area (Å²) in [5.74, 6) is -0.975. The molecule has 2 aliphatic heterocycles. The van der Waals surface area contributed by atoms with Crippen molar-refractivity contribution in [2.24, 2.45) is 11.3 Å². The van der Waals surface area contributed by atoms with Gasteiger partial charge in [-0.2, -0.15) is 0 Å². The summed E-state index contributed by atoms with van der Waals surface area (Å²) in [5.41, 5.74) is 2.61. The molecule has 2 fully saturated rings. The van der Waals surface area contributed by atoms with E-state index in [0.717, 1.165) is 27.7 Å². The first kappa shape index (κ1) is 16.1. The lowest BCUT2D eigenvalue weighted by Crippen LogP contribution is -2.40. The maximum atomic E-state index is 13.1. The molecule has 6 heteroatoms. The van der Waals surface area contributed by atoms with E-state index in [1.165, 1.54) is 0 Å². The minimum atomic E-state index is -0.985. The second-order valence-corrected chi connectivity index (χ2v) is 7.32. The molecule has 6 nitrogen and oxygen atoms in total. The van der Waals surface area contributed by atoms with Crippen LogP contribution in [0.15, 0.2) is 16.5 Å². The number of carboxylic acid groups (broad SMARTS) is 1. The summed E-state index contributed by atoms with van der Waals surface area (Å²) >= 11 is 0. The van der Waals surface area contributed by atoms with Crippen LogP contribution in [0.5, 0.6) is 0 Å². The molecule has 0 spiro atoms. The van der Waals surface area contributed by atoms with Crippen LogP contribution in [0.3, 0.4) is 0 Å². The second kappa shape index (κ2) is 5.33. The zero-order valence-corrected chi connectivity index (χ0v) is 14.6. The van der Waals surface area contributed by atoms with Gasteiger partial charge in [0.05, 0.1) is 13.2 Å². The van der Waals surface area contributed by atoms with Gasteiger partial charge >= 0.3 is 5.97 Å². The van der Waals surface area contributed by atoms with E-state index in [4.69, 9.17) is 9.15 Å². The lowest BCUT2D eigenvalue weighted by Gasteiger charge is -2.21. The Morgan fingerprint density at radius 3 is 2.60 bits per heavy atom. The molecule has 0 saturated carbocycles. The van der Waals surface area contributed by atoms with Crippen LogP contribution in [0, 0.1) is 32.1 Å². The van der Waals surface area contributed by atoms with Gasteiger partial charge in [-0.15, -0.1) is 0 Å².